The van der Waals surface area contributed by atoms with Crippen molar-refractivity contribution in [3.8, 4) is 0 Å². The number of hydrogen-bond donors (Lipinski definition) is 3. The van der Waals surface area contributed by atoms with Gasteiger partial charge < -0.3 is 21.1 Å². The van der Waals surface area contributed by atoms with Crippen molar-refractivity contribution in [2.24, 2.45) is 0 Å². The van der Waals surface area contributed by atoms with E-state index in [1.165, 1.54) is 0 Å². The van der Waals surface area contributed by atoms with E-state index < -0.39 is 0 Å². The number of nitrogens with one attached hydrogen (secondary N) is 2. The molecule has 7 heteroatoms. The third-order valence-electron chi connectivity index (χ3n) is 3.92. The second-order valence-electron chi connectivity index (χ2n) is 5.71. The second-order valence-corrected chi connectivity index (χ2v) is 6.15. The summed E-state index contributed by atoms with van der Waals surface area (Å²) >= 11 is 5.87. The average molecular weight is 348 g/mol. The van der Waals surface area contributed by atoms with Gasteiger partial charge in [0.1, 0.15) is 5.82 Å². The van der Waals surface area contributed by atoms with Gasteiger partial charge in [-0.2, -0.15) is 4.98 Å². The molecule has 0 saturated carbocycles. The van der Waals surface area contributed by atoms with E-state index >= 15 is 0 Å². The Balaban J connectivity index is 1.51. The Morgan fingerprint density at radius 3 is 2.79 bits per heavy atom. The highest BCUT2D eigenvalue weighted by atomic mass is 35.5. The third-order valence-corrected chi connectivity index (χ3v) is 4.17. The van der Waals surface area contributed by atoms with Crippen LogP contribution in [0.5, 0.6) is 0 Å². The van der Waals surface area contributed by atoms with Gasteiger partial charge >= 0.3 is 0 Å². The summed E-state index contributed by atoms with van der Waals surface area (Å²) in [4.78, 5) is 8.72. The molecule has 0 spiro atoms. The van der Waals surface area contributed by atoms with Crippen LogP contribution in [0.1, 0.15) is 16.8 Å². The first-order chi connectivity index (χ1) is 11.7. The summed E-state index contributed by atoms with van der Waals surface area (Å²) < 4.78 is 5.69. The topological polar surface area (TPSA) is 85.1 Å². The standard InChI is InChI=1S/C17H22ClN5O/c18-13-3-1-12(2-4-13)11-24-10-9-21-16-14-5-7-20-8-6-15(14)22-17(19)23-16/h1-4,20H,5-11H2,(H3,19,21,22,23). The molecule has 0 fully saturated rings. The highest BCUT2D eigenvalue weighted by Gasteiger charge is 2.15. The third kappa shape index (κ3) is 4.56. The van der Waals surface area contributed by atoms with E-state index in [-0.39, 0.29) is 0 Å². The van der Waals surface area contributed by atoms with Crippen molar-refractivity contribution in [2.45, 2.75) is 19.4 Å². The van der Waals surface area contributed by atoms with Crippen molar-refractivity contribution in [1.29, 1.82) is 0 Å². The Hall–Kier alpha value is -1.89. The number of nitrogens with zero attached hydrogens (tertiary/aromatic N) is 2. The number of halogens is 1. The van der Waals surface area contributed by atoms with Crippen LogP contribution in [0, 0.1) is 0 Å². The zero-order valence-electron chi connectivity index (χ0n) is 13.5. The first kappa shape index (κ1) is 17.0. The highest BCUT2D eigenvalue weighted by molar-refractivity contribution is 6.30. The Labute approximate surface area is 146 Å². The Bertz CT molecular complexity index is 677. The van der Waals surface area contributed by atoms with Gasteiger partial charge in [-0.05, 0) is 30.7 Å². The lowest BCUT2D eigenvalue weighted by Crippen LogP contribution is -2.16. The number of nitrogen functional groups attached to an aromatic ring is 1. The predicted octanol–water partition coefficient (Wildman–Crippen LogP) is 2.03. The Morgan fingerprint density at radius 1 is 1.17 bits per heavy atom. The van der Waals surface area contributed by atoms with Crippen LogP contribution in [-0.2, 0) is 24.2 Å². The van der Waals surface area contributed by atoms with Gasteiger partial charge in [0.25, 0.3) is 0 Å². The van der Waals surface area contributed by atoms with Crippen LogP contribution in [-0.4, -0.2) is 36.2 Å². The molecule has 1 aliphatic heterocycles. The summed E-state index contributed by atoms with van der Waals surface area (Å²) in [5, 5.41) is 7.43. The smallest absolute Gasteiger partial charge is 0.222 e. The summed E-state index contributed by atoms with van der Waals surface area (Å²) in [5.41, 5.74) is 9.13. The first-order valence-corrected chi connectivity index (χ1v) is 8.52. The molecule has 6 nitrogen and oxygen atoms in total. The molecule has 0 bridgehead atoms. The molecule has 2 aromatic rings. The molecule has 1 aliphatic rings. The molecule has 0 amide bonds. The molecule has 0 aliphatic carbocycles. The number of nitrogens with two attached hydrogens (primary N) is 1. The van der Waals surface area contributed by atoms with Crippen molar-refractivity contribution in [2.75, 3.05) is 37.3 Å². The number of aromatic nitrogens is 2. The van der Waals surface area contributed by atoms with E-state index in [0.29, 0.717) is 25.7 Å². The second kappa shape index (κ2) is 8.28. The molecule has 0 unspecified atom stereocenters. The average Bonchev–Trinajstić information content (AvgIpc) is 2.81. The Kier molecular flexibility index (Phi) is 5.85. The summed E-state index contributed by atoms with van der Waals surface area (Å²) in [6, 6.07) is 7.67. The maximum absolute atomic E-state index is 5.87. The summed E-state index contributed by atoms with van der Waals surface area (Å²) in [6.45, 7) is 3.67. The first-order valence-electron chi connectivity index (χ1n) is 8.14. The minimum atomic E-state index is 0.320. The fourth-order valence-electron chi connectivity index (χ4n) is 2.72. The van der Waals surface area contributed by atoms with Crippen molar-refractivity contribution >= 4 is 23.4 Å². The number of rotatable bonds is 6. The quantitative estimate of drug-likeness (QED) is 0.693. The molecule has 3 rings (SSSR count). The molecule has 4 N–H and O–H groups in total. The molecule has 1 aromatic carbocycles. The SMILES string of the molecule is Nc1nc2c(c(NCCOCc3ccc(Cl)cc3)n1)CCNCC2. The maximum Gasteiger partial charge on any atom is 0.222 e. The lowest BCUT2D eigenvalue weighted by molar-refractivity contribution is 0.130. The van der Waals surface area contributed by atoms with Gasteiger partial charge in [0.05, 0.1) is 18.9 Å². The van der Waals surface area contributed by atoms with Crippen molar-refractivity contribution in [3.63, 3.8) is 0 Å². The molecular formula is C17H22ClN5O. The van der Waals surface area contributed by atoms with Gasteiger partial charge in [-0.15, -0.1) is 0 Å². The normalized spacial score (nSPS) is 14.0. The van der Waals surface area contributed by atoms with Gasteiger partial charge in [-0.25, -0.2) is 4.98 Å². The van der Waals surface area contributed by atoms with E-state index in [1.54, 1.807) is 0 Å². The minimum absolute atomic E-state index is 0.320. The summed E-state index contributed by atoms with van der Waals surface area (Å²) in [6.07, 6.45) is 1.79. The van der Waals surface area contributed by atoms with Gasteiger partial charge in [-0.1, -0.05) is 23.7 Å². The molecule has 24 heavy (non-hydrogen) atoms. The molecule has 0 atom stereocenters. The van der Waals surface area contributed by atoms with Crippen LogP contribution in [0.3, 0.4) is 0 Å². The zero-order valence-corrected chi connectivity index (χ0v) is 14.3. The van der Waals surface area contributed by atoms with E-state index in [4.69, 9.17) is 22.1 Å². The fraction of sp³-hybridized carbons (Fsp3) is 0.412. The number of hydrogen-bond acceptors (Lipinski definition) is 6. The molecule has 128 valence electrons. The van der Waals surface area contributed by atoms with Gasteiger partial charge in [0.2, 0.25) is 5.95 Å². The predicted molar refractivity (Wildman–Crippen MR) is 96.3 cm³/mol. The van der Waals surface area contributed by atoms with Crippen LogP contribution < -0.4 is 16.4 Å². The van der Waals surface area contributed by atoms with Crippen LogP contribution in [0.2, 0.25) is 5.02 Å². The summed E-state index contributed by atoms with van der Waals surface area (Å²) in [7, 11) is 0. The molecule has 2 heterocycles. The van der Waals surface area contributed by atoms with E-state index in [2.05, 4.69) is 20.6 Å². The van der Waals surface area contributed by atoms with Crippen molar-refractivity contribution < 1.29 is 4.74 Å². The maximum atomic E-state index is 5.87. The molecule has 1 aromatic heterocycles. The lowest BCUT2D eigenvalue weighted by atomic mass is 10.1. The van der Waals surface area contributed by atoms with Crippen LogP contribution in [0.4, 0.5) is 11.8 Å². The van der Waals surface area contributed by atoms with Crippen molar-refractivity contribution in [1.82, 2.24) is 15.3 Å². The largest absolute Gasteiger partial charge is 0.375 e. The molecule has 0 saturated heterocycles. The monoisotopic (exact) mass is 347 g/mol. The molecular weight excluding hydrogens is 326 g/mol. The van der Waals surface area contributed by atoms with Crippen molar-refractivity contribution in [3.05, 3.63) is 46.1 Å². The number of benzene rings is 1. The highest BCUT2D eigenvalue weighted by Crippen LogP contribution is 2.20. The number of ether oxygens (including phenoxy) is 1. The lowest BCUT2D eigenvalue weighted by Gasteiger charge is -2.13. The van der Waals surface area contributed by atoms with Crippen LogP contribution in [0.15, 0.2) is 24.3 Å². The zero-order chi connectivity index (χ0) is 16.8. The van der Waals surface area contributed by atoms with Gasteiger partial charge in [0.15, 0.2) is 0 Å². The Morgan fingerprint density at radius 2 is 1.96 bits per heavy atom. The van der Waals surface area contributed by atoms with Gasteiger partial charge in [-0.3, -0.25) is 0 Å². The minimum Gasteiger partial charge on any atom is -0.375 e. The number of anilines is 2. The summed E-state index contributed by atoms with van der Waals surface area (Å²) in [5.74, 6) is 1.15. The fourth-order valence-corrected chi connectivity index (χ4v) is 2.85. The van der Waals surface area contributed by atoms with E-state index in [1.807, 2.05) is 24.3 Å². The van der Waals surface area contributed by atoms with Gasteiger partial charge in [0, 0.05) is 30.1 Å². The van der Waals surface area contributed by atoms with E-state index in [0.717, 1.165) is 53.6 Å². The van der Waals surface area contributed by atoms with Crippen LogP contribution in [0.25, 0.3) is 0 Å². The van der Waals surface area contributed by atoms with E-state index in [9.17, 15) is 0 Å². The van der Waals surface area contributed by atoms with Crippen LogP contribution >= 0.6 is 11.6 Å². The molecule has 0 radical (unpaired) electrons. The number of fused-ring (bicyclic) bond motifs is 1.